The number of aliphatic carboxylic acids is 1. The fraction of sp³-hybridized carbons (Fsp3) is 0.667. The van der Waals surface area contributed by atoms with Gasteiger partial charge in [-0.2, -0.15) is 0 Å². The molecule has 0 aromatic carbocycles. The molecule has 1 fully saturated rings. The lowest BCUT2D eigenvalue weighted by Gasteiger charge is -2.22. The second-order valence-electron chi connectivity index (χ2n) is 5.63. The molecule has 104 valence electrons. The number of carboxylic acid groups (broad SMARTS) is 1. The Morgan fingerprint density at radius 3 is 2.68 bits per heavy atom. The van der Waals surface area contributed by atoms with Crippen molar-refractivity contribution < 1.29 is 9.90 Å². The van der Waals surface area contributed by atoms with Gasteiger partial charge in [-0.15, -0.1) is 0 Å². The molecule has 1 saturated carbocycles. The lowest BCUT2D eigenvalue weighted by Crippen LogP contribution is -2.12. The third-order valence-electron chi connectivity index (χ3n) is 3.84. The van der Waals surface area contributed by atoms with Crippen molar-refractivity contribution in [2.45, 2.75) is 64.2 Å². The Hall–Kier alpha value is -1.45. The number of aryl methyl sites for hydroxylation is 1. The van der Waals surface area contributed by atoms with Gasteiger partial charge in [0, 0.05) is 23.2 Å². The van der Waals surface area contributed by atoms with Crippen LogP contribution in [-0.2, 0) is 4.79 Å². The topological polar surface area (TPSA) is 63.1 Å². The molecule has 1 aliphatic rings. The van der Waals surface area contributed by atoms with Gasteiger partial charge in [-0.3, -0.25) is 4.79 Å². The first-order valence-corrected chi connectivity index (χ1v) is 7.13. The highest BCUT2D eigenvalue weighted by molar-refractivity contribution is 5.67. The molecule has 4 heteroatoms. The maximum absolute atomic E-state index is 10.8. The van der Waals surface area contributed by atoms with Crippen molar-refractivity contribution in [2.75, 3.05) is 0 Å². The number of nitrogens with zero attached hydrogens (tertiary/aromatic N) is 2. The van der Waals surface area contributed by atoms with Crippen molar-refractivity contribution in [3.05, 3.63) is 23.3 Å². The van der Waals surface area contributed by atoms with Gasteiger partial charge in [0.05, 0.1) is 6.42 Å². The molecule has 0 saturated heterocycles. The zero-order valence-electron chi connectivity index (χ0n) is 11.7. The summed E-state index contributed by atoms with van der Waals surface area (Å²) < 4.78 is 0. The third kappa shape index (κ3) is 3.75. The maximum atomic E-state index is 10.8. The van der Waals surface area contributed by atoms with E-state index in [1.54, 1.807) is 0 Å². The molecule has 1 unspecified atom stereocenters. The molecule has 0 amide bonds. The van der Waals surface area contributed by atoms with E-state index in [-0.39, 0.29) is 12.3 Å². The van der Waals surface area contributed by atoms with E-state index in [0.29, 0.717) is 11.7 Å². The summed E-state index contributed by atoms with van der Waals surface area (Å²) in [6.07, 6.45) is 6.35. The SMILES string of the molecule is Cc1cc(C2CCCCC2)nc(C(C)CC(=O)O)n1. The molecule has 1 aliphatic carbocycles. The predicted octanol–water partition coefficient (Wildman–Crippen LogP) is 3.41. The summed E-state index contributed by atoms with van der Waals surface area (Å²) in [6.45, 7) is 3.85. The molecule has 19 heavy (non-hydrogen) atoms. The minimum atomic E-state index is -0.795. The zero-order valence-corrected chi connectivity index (χ0v) is 11.7. The van der Waals surface area contributed by atoms with Gasteiger partial charge in [-0.25, -0.2) is 9.97 Å². The van der Waals surface area contributed by atoms with Crippen molar-refractivity contribution in [1.82, 2.24) is 9.97 Å². The molecule has 1 aromatic heterocycles. The average molecular weight is 262 g/mol. The van der Waals surface area contributed by atoms with Crippen LogP contribution in [0.15, 0.2) is 6.07 Å². The summed E-state index contributed by atoms with van der Waals surface area (Å²) in [7, 11) is 0. The van der Waals surface area contributed by atoms with Crippen LogP contribution in [0.4, 0.5) is 0 Å². The lowest BCUT2D eigenvalue weighted by molar-refractivity contribution is -0.137. The van der Waals surface area contributed by atoms with Gasteiger partial charge >= 0.3 is 5.97 Å². The van der Waals surface area contributed by atoms with Gasteiger partial charge < -0.3 is 5.11 Å². The van der Waals surface area contributed by atoms with E-state index in [9.17, 15) is 4.79 Å². The maximum Gasteiger partial charge on any atom is 0.304 e. The van der Waals surface area contributed by atoms with E-state index in [0.717, 1.165) is 11.4 Å². The molecule has 0 bridgehead atoms. The number of hydrogen-bond donors (Lipinski definition) is 1. The second-order valence-corrected chi connectivity index (χ2v) is 5.63. The molecule has 1 atom stereocenters. The lowest BCUT2D eigenvalue weighted by atomic mass is 9.86. The number of aromatic nitrogens is 2. The van der Waals surface area contributed by atoms with Crippen LogP contribution < -0.4 is 0 Å². The van der Waals surface area contributed by atoms with Gasteiger partial charge in [0.2, 0.25) is 0 Å². The van der Waals surface area contributed by atoms with E-state index in [1.807, 2.05) is 13.8 Å². The number of hydrogen-bond acceptors (Lipinski definition) is 3. The molecule has 2 rings (SSSR count). The molecule has 0 spiro atoms. The fourth-order valence-corrected chi connectivity index (χ4v) is 2.80. The van der Waals surface area contributed by atoms with Gasteiger partial charge in [0.15, 0.2) is 0 Å². The normalized spacial score (nSPS) is 18.2. The fourth-order valence-electron chi connectivity index (χ4n) is 2.80. The predicted molar refractivity (Wildman–Crippen MR) is 73.3 cm³/mol. The van der Waals surface area contributed by atoms with Crippen LogP contribution in [-0.4, -0.2) is 21.0 Å². The third-order valence-corrected chi connectivity index (χ3v) is 3.84. The number of carbonyl (C=O) groups is 1. The smallest absolute Gasteiger partial charge is 0.304 e. The summed E-state index contributed by atoms with van der Waals surface area (Å²) in [6, 6.07) is 2.06. The van der Waals surface area contributed by atoms with Crippen molar-refractivity contribution in [3.63, 3.8) is 0 Å². The standard InChI is InChI=1S/C15H22N2O2/c1-10(8-14(18)19)15-16-11(2)9-13(17-15)12-6-4-3-5-7-12/h9-10,12H,3-8H2,1-2H3,(H,18,19). The summed E-state index contributed by atoms with van der Waals surface area (Å²) in [4.78, 5) is 19.8. The highest BCUT2D eigenvalue weighted by Gasteiger charge is 2.20. The Bertz CT molecular complexity index is 453. The van der Waals surface area contributed by atoms with E-state index in [4.69, 9.17) is 5.11 Å². The Kier molecular flexibility index (Phi) is 4.51. The molecule has 1 heterocycles. The van der Waals surface area contributed by atoms with Crippen molar-refractivity contribution in [1.29, 1.82) is 0 Å². The van der Waals surface area contributed by atoms with Gasteiger partial charge in [-0.05, 0) is 25.8 Å². The Morgan fingerprint density at radius 2 is 2.05 bits per heavy atom. The largest absolute Gasteiger partial charge is 0.481 e. The Balaban J connectivity index is 2.20. The Morgan fingerprint density at radius 1 is 1.37 bits per heavy atom. The summed E-state index contributed by atoms with van der Waals surface area (Å²) >= 11 is 0. The van der Waals surface area contributed by atoms with Crippen LogP contribution in [0.1, 0.15) is 74.5 Å². The van der Waals surface area contributed by atoms with E-state index >= 15 is 0 Å². The van der Waals surface area contributed by atoms with Crippen LogP contribution >= 0.6 is 0 Å². The van der Waals surface area contributed by atoms with Crippen LogP contribution in [0.3, 0.4) is 0 Å². The molecule has 4 nitrogen and oxygen atoms in total. The molecule has 1 aromatic rings. The van der Waals surface area contributed by atoms with Crippen LogP contribution in [0, 0.1) is 6.92 Å². The molecule has 0 aliphatic heterocycles. The number of rotatable bonds is 4. The quantitative estimate of drug-likeness (QED) is 0.903. The van der Waals surface area contributed by atoms with Gasteiger partial charge in [0.25, 0.3) is 0 Å². The van der Waals surface area contributed by atoms with Gasteiger partial charge in [0.1, 0.15) is 5.82 Å². The van der Waals surface area contributed by atoms with Crippen LogP contribution in [0.25, 0.3) is 0 Å². The molecule has 1 N–H and O–H groups in total. The average Bonchev–Trinajstić information content (AvgIpc) is 2.38. The van der Waals surface area contributed by atoms with E-state index in [2.05, 4.69) is 16.0 Å². The summed E-state index contributed by atoms with van der Waals surface area (Å²) in [5.74, 6) is 0.297. The highest BCUT2D eigenvalue weighted by Crippen LogP contribution is 2.32. The first-order chi connectivity index (χ1) is 9.06. The monoisotopic (exact) mass is 262 g/mol. The van der Waals surface area contributed by atoms with Crippen molar-refractivity contribution >= 4 is 5.97 Å². The van der Waals surface area contributed by atoms with Gasteiger partial charge in [-0.1, -0.05) is 26.2 Å². The van der Waals surface area contributed by atoms with E-state index in [1.165, 1.54) is 32.1 Å². The Labute approximate surface area is 114 Å². The minimum Gasteiger partial charge on any atom is -0.481 e. The zero-order chi connectivity index (χ0) is 13.8. The highest BCUT2D eigenvalue weighted by atomic mass is 16.4. The summed E-state index contributed by atoms with van der Waals surface area (Å²) in [5, 5.41) is 8.88. The molecular weight excluding hydrogens is 240 g/mol. The molecule has 0 radical (unpaired) electrons. The molecular formula is C15H22N2O2. The van der Waals surface area contributed by atoms with Crippen molar-refractivity contribution in [3.8, 4) is 0 Å². The van der Waals surface area contributed by atoms with Crippen molar-refractivity contribution in [2.24, 2.45) is 0 Å². The first kappa shape index (κ1) is 14.0. The number of carboxylic acids is 1. The second kappa shape index (κ2) is 6.13. The minimum absolute atomic E-state index is 0.0908. The summed E-state index contributed by atoms with van der Waals surface area (Å²) in [5.41, 5.74) is 2.06. The van der Waals surface area contributed by atoms with Crippen LogP contribution in [0.2, 0.25) is 0 Å². The van der Waals surface area contributed by atoms with Crippen LogP contribution in [0.5, 0.6) is 0 Å². The first-order valence-electron chi connectivity index (χ1n) is 7.13. The van der Waals surface area contributed by atoms with E-state index < -0.39 is 5.97 Å².